The average Bonchev–Trinajstić information content (AvgIpc) is 2.74. The lowest BCUT2D eigenvalue weighted by atomic mass is 10.1. The van der Waals surface area contributed by atoms with Crippen molar-refractivity contribution in [3.63, 3.8) is 0 Å². The van der Waals surface area contributed by atoms with E-state index in [1.165, 1.54) is 0 Å². The lowest BCUT2D eigenvalue weighted by molar-refractivity contribution is -0.0000122. The van der Waals surface area contributed by atoms with Crippen LogP contribution in [0.2, 0.25) is 0 Å². The molecule has 1 heterocycles. The van der Waals surface area contributed by atoms with Crippen LogP contribution in [0.5, 0.6) is 0 Å². The van der Waals surface area contributed by atoms with Gasteiger partial charge in [0, 0.05) is 12.6 Å². The van der Waals surface area contributed by atoms with Crippen molar-refractivity contribution < 1.29 is 21.8 Å². The molecule has 4 nitrogen and oxygen atoms in total. The molecular weight excluding hydrogens is 330 g/mol. The van der Waals surface area contributed by atoms with Gasteiger partial charge >= 0.3 is 0 Å². The fourth-order valence-electron chi connectivity index (χ4n) is 2.40. The number of carbonyl (C=O) groups excluding carboxylic acids is 1. The molecule has 0 saturated heterocycles. The number of nitrogens with zero attached hydrogens (tertiary/aromatic N) is 2. The van der Waals surface area contributed by atoms with Crippen molar-refractivity contribution in [3.05, 3.63) is 65.8 Å². The number of hydrogen-bond acceptors (Lipinski definition) is 2. The molecule has 0 aliphatic rings. The first-order valence-electron chi connectivity index (χ1n) is 6.45. The van der Waals surface area contributed by atoms with Crippen LogP contribution < -0.4 is 22.6 Å². The van der Waals surface area contributed by atoms with E-state index in [-0.39, 0.29) is 29.3 Å². The molecule has 0 radical (unpaired) electrons. The number of nitrogens with one attached hydrogen (secondary N) is 1. The highest BCUT2D eigenvalue weighted by Gasteiger charge is 2.12. The number of Topliss-reactive ketones (excluding diaryl/α,β-unsaturated/α-hetero) is 1. The van der Waals surface area contributed by atoms with E-state index in [9.17, 15) is 4.79 Å². The van der Waals surface area contributed by atoms with E-state index in [0.717, 1.165) is 11.0 Å². The van der Waals surface area contributed by atoms with Gasteiger partial charge in [0.15, 0.2) is 5.78 Å². The molecule has 5 heteroatoms. The molecule has 21 heavy (non-hydrogen) atoms. The third-order valence-corrected chi connectivity index (χ3v) is 3.50. The van der Waals surface area contributed by atoms with E-state index in [4.69, 9.17) is 5.41 Å². The van der Waals surface area contributed by atoms with Gasteiger partial charge in [0.25, 0.3) is 0 Å². The monoisotopic (exact) mass is 344 g/mol. The number of halogens is 1. The molecule has 0 atom stereocenters. The Morgan fingerprint density at radius 3 is 2.24 bits per heavy atom. The Morgan fingerprint density at radius 2 is 1.57 bits per heavy atom. The van der Waals surface area contributed by atoms with Crippen LogP contribution in [0.1, 0.15) is 10.4 Å². The zero-order valence-electron chi connectivity index (χ0n) is 11.6. The van der Waals surface area contributed by atoms with Gasteiger partial charge in [0.05, 0.1) is 17.6 Å². The third-order valence-electron chi connectivity index (χ3n) is 3.50. The number of benzene rings is 2. The summed E-state index contributed by atoms with van der Waals surface area (Å²) in [6, 6.07) is 16.9. The molecule has 0 unspecified atom stereocenters. The summed E-state index contributed by atoms with van der Waals surface area (Å²) in [7, 11) is 1.84. The largest absolute Gasteiger partial charge is 1.00 e. The maximum absolute atomic E-state index is 12.3. The molecule has 1 aromatic heterocycles. The molecule has 0 fully saturated rings. The van der Waals surface area contributed by atoms with Gasteiger partial charge in [-0.25, -0.2) is 0 Å². The number of para-hydroxylation sites is 2. The fraction of sp³-hybridized carbons (Fsp3) is 0.125. The highest BCUT2D eigenvalue weighted by atomic mass is 79.9. The van der Waals surface area contributed by atoms with Crippen LogP contribution in [-0.4, -0.2) is 14.9 Å². The van der Waals surface area contributed by atoms with E-state index in [1.54, 1.807) is 21.3 Å². The number of aromatic nitrogens is 2. The van der Waals surface area contributed by atoms with Gasteiger partial charge in [0.1, 0.15) is 0 Å². The average molecular weight is 345 g/mol. The highest BCUT2D eigenvalue weighted by Crippen LogP contribution is 2.12. The number of fused-ring (bicyclic) bond motifs is 1. The van der Waals surface area contributed by atoms with Crippen LogP contribution in [0.3, 0.4) is 0 Å². The van der Waals surface area contributed by atoms with Gasteiger partial charge in [0.2, 0.25) is 5.62 Å². The summed E-state index contributed by atoms with van der Waals surface area (Å²) in [6.07, 6.45) is 0. The Morgan fingerprint density at radius 1 is 1.00 bits per heavy atom. The van der Waals surface area contributed by atoms with E-state index >= 15 is 0 Å². The maximum atomic E-state index is 12.3. The summed E-state index contributed by atoms with van der Waals surface area (Å²) in [5.41, 5.74) is 2.87. The molecule has 0 spiro atoms. The van der Waals surface area contributed by atoms with Crippen molar-refractivity contribution >= 4 is 16.8 Å². The van der Waals surface area contributed by atoms with Crippen LogP contribution in [0, 0.1) is 5.41 Å². The Labute approximate surface area is 132 Å². The molecular formula is C16H15BrN3O-. The van der Waals surface area contributed by atoms with Crippen LogP contribution in [0.25, 0.3) is 11.0 Å². The Hall–Kier alpha value is -2.14. The molecule has 0 aliphatic carbocycles. The van der Waals surface area contributed by atoms with Crippen LogP contribution in [-0.2, 0) is 13.6 Å². The summed E-state index contributed by atoms with van der Waals surface area (Å²) in [6.45, 7) is 0.185. The lowest BCUT2D eigenvalue weighted by Gasteiger charge is -2.04. The van der Waals surface area contributed by atoms with Gasteiger partial charge in [-0.05, 0) is 12.1 Å². The standard InChI is InChI=1S/C16H15N3O.BrH/c1-18-13-9-5-6-10-14(13)19(16(18)17)11-15(20)12-7-3-2-4-8-12;/h2-10,17H,11H2,1H3;1H/p-1. The van der Waals surface area contributed by atoms with Gasteiger partial charge in [-0.15, -0.1) is 0 Å². The van der Waals surface area contributed by atoms with Gasteiger partial charge in [-0.1, -0.05) is 42.5 Å². The number of rotatable bonds is 3. The summed E-state index contributed by atoms with van der Waals surface area (Å²) >= 11 is 0. The summed E-state index contributed by atoms with van der Waals surface area (Å²) in [4.78, 5) is 12.3. The molecule has 0 amide bonds. The predicted octanol–water partition coefficient (Wildman–Crippen LogP) is -0.654. The molecule has 3 rings (SSSR count). The lowest BCUT2D eigenvalue weighted by Crippen LogP contribution is -3.00. The van der Waals surface area contributed by atoms with Crippen molar-refractivity contribution in [2.75, 3.05) is 0 Å². The van der Waals surface area contributed by atoms with Crippen molar-refractivity contribution in [1.29, 1.82) is 5.41 Å². The number of hydrogen-bond donors (Lipinski definition) is 1. The van der Waals surface area contributed by atoms with Crippen molar-refractivity contribution in [2.45, 2.75) is 6.54 Å². The Kier molecular flexibility index (Phi) is 4.43. The second-order valence-electron chi connectivity index (χ2n) is 4.75. The quantitative estimate of drug-likeness (QED) is 0.630. The third kappa shape index (κ3) is 2.69. The zero-order valence-corrected chi connectivity index (χ0v) is 13.2. The van der Waals surface area contributed by atoms with E-state index in [0.29, 0.717) is 11.2 Å². The smallest absolute Gasteiger partial charge is 0.203 e. The first-order chi connectivity index (χ1) is 9.68. The molecule has 3 aromatic rings. The van der Waals surface area contributed by atoms with Gasteiger partial charge < -0.3 is 26.1 Å². The minimum atomic E-state index is 0. The number of imidazole rings is 1. The Bertz CT molecular complexity index is 834. The molecule has 1 N–H and O–H groups in total. The first-order valence-corrected chi connectivity index (χ1v) is 6.45. The van der Waals surface area contributed by atoms with Gasteiger partial charge in [-0.2, -0.15) is 0 Å². The number of carbonyl (C=O) groups is 1. The van der Waals surface area contributed by atoms with Crippen molar-refractivity contribution in [2.24, 2.45) is 7.05 Å². The molecule has 2 aromatic carbocycles. The molecule has 0 bridgehead atoms. The van der Waals surface area contributed by atoms with Crippen LogP contribution in [0.4, 0.5) is 0 Å². The first kappa shape index (κ1) is 15.3. The SMILES string of the molecule is Cn1c(=N)n(CC(=O)c2ccccc2)c2ccccc21.[Br-]. The Balaban J connectivity index is 0.00000161. The van der Waals surface area contributed by atoms with E-state index in [1.807, 2.05) is 49.5 Å². The molecule has 108 valence electrons. The topological polar surface area (TPSA) is 50.8 Å². The molecule has 0 saturated carbocycles. The second-order valence-corrected chi connectivity index (χ2v) is 4.75. The van der Waals surface area contributed by atoms with Crippen molar-refractivity contribution in [1.82, 2.24) is 9.13 Å². The number of ketones is 1. The summed E-state index contributed by atoms with van der Waals surface area (Å²) in [5, 5.41) is 8.15. The van der Waals surface area contributed by atoms with Crippen LogP contribution >= 0.6 is 0 Å². The summed E-state index contributed by atoms with van der Waals surface area (Å²) < 4.78 is 3.53. The fourth-order valence-corrected chi connectivity index (χ4v) is 2.40. The van der Waals surface area contributed by atoms with Crippen LogP contribution in [0.15, 0.2) is 54.6 Å². The second kappa shape index (κ2) is 6.10. The molecule has 0 aliphatic heterocycles. The normalized spacial score (nSPS) is 10.3. The zero-order chi connectivity index (χ0) is 14.1. The maximum Gasteiger partial charge on any atom is 0.203 e. The van der Waals surface area contributed by atoms with Gasteiger partial charge in [-0.3, -0.25) is 10.2 Å². The predicted molar refractivity (Wildman–Crippen MR) is 77.5 cm³/mol. The van der Waals surface area contributed by atoms with E-state index < -0.39 is 0 Å². The number of aryl methyl sites for hydroxylation is 1. The van der Waals surface area contributed by atoms with Crippen molar-refractivity contribution in [3.8, 4) is 0 Å². The minimum absolute atomic E-state index is 0. The minimum Gasteiger partial charge on any atom is -1.00 e. The highest BCUT2D eigenvalue weighted by molar-refractivity contribution is 5.96. The van der Waals surface area contributed by atoms with E-state index in [2.05, 4.69) is 0 Å². The summed E-state index contributed by atoms with van der Waals surface area (Å²) in [5.74, 6) is 0.0143.